The molecule has 0 saturated heterocycles. The summed E-state index contributed by atoms with van der Waals surface area (Å²) < 4.78 is 31.7. The van der Waals surface area contributed by atoms with Crippen molar-refractivity contribution in [3.8, 4) is 5.75 Å². The fraction of sp³-hybridized carbons (Fsp3) is 0.0556. The van der Waals surface area contributed by atoms with E-state index in [0.29, 0.717) is 5.56 Å². The molecule has 4 heteroatoms. The summed E-state index contributed by atoms with van der Waals surface area (Å²) in [6, 6.07) is 14.2. The Labute approximate surface area is 126 Å². The largest absolute Gasteiger partial charge is 0.486 e. The molecule has 2 nitrogen and oxygen atoms in total. The third kappa shape index (κ3) is 2.81. The first kappa shape index (κ1) is 14.2. The molecule has 0 aromatic heterocycles. The Morgan fingerprint density at radius 1 is 1.00 bits per heavy atom. The molecule has 0 heterocycles. The molecule has 0 aliphatic rings. The van der Waals surface area contributed by atoms with Crippen molar-refractivity contribution < 1.29 is 18.3 Å². The number of ether oxygens (including phenoxy) is 1. The van der Waals surface area contributed by atoms with Gasteiger partial charge in [-0.2, -0.15) is 0 Å². The van der Waals surface area contributed by atoms with E-state index in [2.05, 4.69) is 0 Å². The van der Waals surface area contributed by atoms with Crippen LogP contribution >= 0.6 is 0 Å². The second kappa shape index (κ2) is 5.93. The van der Waals surface area contributed by atoms with Crippen LogP contribution < -0.4 is 4.74 Å². The van der Waals surface area contributed by atoms with Crippen molar-refractivity contribution in [2.24, 2.45) is 0 Å². The molecule has 0 fully saturated rings. The highest BCUT2D eigenvalue weighted by Gasteiger charge is 2.07. The van der Waals surface area contributed by atoms with E-state index in [1.807, 2.05) is 30.3 Å². The zero-order valence-corrected chi connectivity index (χ0v) is 11.6. The van der Waals surface area contributed by atoms with Gasteiger partial charge in [0.1, 0.15) is 12.4 Å². The number of halogens is 2. The topological polar surface area (TPSA) is 26.3 Å². The fourth-order valence-corrected chi connectivity index (χ4v) is 2.34. The highest BCUT2D eigenvalue weighted by molar-refractivity contribution is 5.98. The van der Waals surface area contributed by atoms with Crippen LogP contribution in [0.1, 0.15) is 15.9 Å². The van der Waals surface area contributed by atoms with Crippen LogP contribution in [0.15, 0.2) is 54.6 Å². The van der Waals surface area contributed by atoms with Gasteiger partial charge in [-0.05, 0) is 40.6 Å². The van der Waals surface area contributed by atoms with Crippen LogP contribution in [0.5, 0.6) is 5.75 Å². The van der Waals surface area contributed by atoms with E-state index in [9.17, 15) is 13.6 Å². The lowest BCUT2D eigenvalue weighted by Gasteiger charge is -2.09. The third-order valence-electron chi connectivity index (χ3n) is 3.37. The van der Waals surface area contributed by atoms with Crippen LogP contribution in [0, 0.1) is 11.6 Å². The van der Waals surface area contributed by atoms with Crippen LogP contribution in [0.3, 0.4) is 0 Å². The van der Waals surface area contributed by atoms with E-state index in [4.69, 9.17) is 4.74 Å². The van der Waals surface area contributed by atoms with Crippen molar-refractivity contribution in [3.63, 3.8) is 0 Å². The van der Waals surface area contributed by atoms with E-state index in [-0.39, 0.29) is 12.4 Å². The SMILES string of the molecule is O=Cc1cc(COc2ccc(F)cc2F)cc2ccccc12. The number of carbonyl (C=O) groups excluding carboxylic acids is 1. The molecule has 22 heavy (non-hydrogen) atoms. The van der Waals surface area contributed by atoms with Crippen LogP contribution in [0.25, 0.3) is 10.8 Å². The summed E-state index contributed by atoms with van der Waals surface area (Å²) in [6.45, 7) is 0.0915. The first-order valence-electron chi connectivity index (χ1n) is 6.72. The standard InChI is InChI=1S/C18H12F2O2/c19-15-5-6-18(17(20)9-15)22-11-12-7-13-3-1-2-4-16(13)14(8-12)10-21/h1-10H,11H2. The van der Waals surface area contributed by atoms with Crippen molar-refractivity contribution in [1.82, 2.24) is 0 Å². The lowest BCUT2D eigenvalue weighted by molar-refractivity contribution is 0.112. The monoisotopic (exact) mass is 298 g/mol. The van der Waals surface area contributed by atoms with Gasteiger partial charge in [0.15, 0.2) is 17.9 Å². The minimum absolute atomic E-state index is 0.0257. The Bertz CT molecular complexity index is 844. The highest BCUT2D eigenvalue weighted by atomic mass is 19.1. The predicted molar refractivity (Wildman–Crippen MR) is 80.0 cm³/mol. The van der Waals surface area contributed by atoms with E-state index >= 15 is 0 Å². The molecule has 0 aliphatic carbocycles. The number of hydrogen-bond donors (Lipinski definition) is 0. The molecule has 3 aromatic rings. The highest BCUT2D eigenvalue weighted by Crippen LogP contribution is 2.23. The van der Waals surface area contributed by atoms with E-state index in [0.717, 1.165) is 34.8 Å². The lowest BCUT2D eigenvalue weighted by atomic mass is 10.0. The Morgan fingerprint density at radius 2 is 1.82 bits per heavy atom. The van der Waals surface area contributed by atoms with E-state index in [1.54, 1.807) is 6.07 Å². The molecule has 0 amide bonds. The van der Waals surface area contributed by atoms with Crippen molar-refractivity contribution in [1.29, 1.82) is 0 Å². The second-order valence-corrected chi connectivity index (χ2v) is 4.89. The maximum absolute atomic E-state index is 13.5. The molecule has 110 valence electrons. The number of aldehydes is 1. The molecular weight excluding hydrogens is 286 g/mol. The molecular formula is C18H12F2O2. The Balaban J connectivity index is 1.89. The summed E-state index contributed by atoms with van der Waals surface area (Å²) in [5.41, 5.74) is 1.29. The third-order valence-corrected chi connectivity index (χ3v) is 3.37. The number of rotatable bonds is 4. The normalized spacial score (nSPS) is 10.6. The van der Waals surface area contributed by atoms with Gasteiger partial charge in [0.25, 0.3) is 0 Å². The second-order valence-electron chi connectivity index (χ2n) is 4.89. The van der Waals surface area contributed by atoms with Crippen molar-refractivity contribution in [2.45, 2.75) is 6.61 Å². The molecule has 0 N–H and O–H groups in total. The van der Waals surface area contributed by atoms with E-state index < -0.39 is 11.6 Å². The molecule has 0 radical (unpaired) electrons. The Morgan fingerprint density at radius 3 is 2.59 bits per heavy atom. The van der Waals surface area contributed by atoms with Crippen LogP contribution in [-0.4, -0.2) is 6.29 Å². The molecule has 3 aromatic carbocycles. The summed E-state index contributed by atoms with van der Waals surface area (Å²) >= 11 is 0. The Kier molecular flexibility index (Phi) is 3.83. The van der Waals surface area contributed by atoms with Gasteiger partial charge in [-0.15, -0.1) is 0 Å². The van der Waals surface area contributed by atoms with Gasteiger partial charge in [0.2, 0.25) is 0 Å². The summed E-state index contributed by atoms with van der Waals surface area (Å²) in [6.07, 6.45) is 0.782. The van der Waals surface area contributed by atoms with E-state index in [1.165, 1.54) is 6.07 Å². The number of benzene rings is 3. The first-order chi connectivity index (χ1) is 10.7. The smallest absolute Gasteiger partial charge is 0.167 e. The summed E-state index contributed by atoms with van der Waals surface area (Å²) in [5, 5.41) is 1.76. The van der Waals surface area contributed by atoms with Crippen LogP contribution in [-0.2, 0) is 6.61 Å². The maximum atomic E-state index is 13.5. The molecule has 0 spiro atoms. The minimum Gasteiger partial charge on any atom is -0.486 e. The molecule has 0 atom stereocenters. The van der Waals surface area contributed by atoms with Gasteiger partial charge in [0, 0.05) is 11.6 Å². The summed E-state index contributed by atoms with van der Waals surface area (Å²) in [5.74, 6) is -1.43. The minimum atomic E-state index is -0.753. The van der Waals surface area contributed by atoms with Crippen molar-refractivity contribution in [3.05, 3.63) is 77.4 Å². The number of fused-ring (bicyclic) bond motifs is 1. The van der Waals surface area contributed by atoms with Crippen molar-refractivity contribution in [2.75, 3.05) is 0 Å². The van der Waals surface area contributed by atoms with Crippen LogP contribution in [0.2, 0.25) is 0 Å². The van der Waals surface area contributed by atoms with Gasteiger partial charge in [-0.25, -0.2) is 8.78 Å². The predicted octanol–water partition coefficient (Wildman–Crippen LogP) is 4.51. The zero-order chi connectivity index (χ0) is 15.5. The van der Waals surface area contributed by atoms with Gasteiger partial charge in [0.05, 0.1) is 0 Å². The first-order valence-corrected chi connectivity index (χ1v) is 6.72. The van der Waals surface area contributed by atoms with Gasteiger partial charge < -0.3 is 4.74 Å². The van der Waals surface area contributed by atoms with Crippen LogP contribution in [0.4, 0.5) is 8.78 Å². The number of hydrogen-bond acceptors (Lipinski definition) is 2. The molecule has 0 bridgehead atoms. The quantitative estimate of drug-likeness (QED) is 0.662. The zero-order valence-electron chi connectivity index (χ0n) is 11.6. The van der Waals surface area contributed by atoms with Crippen molar-refractivity contribution >= 4 is 17.1 Å². The average Bonchev–Trinajstić information content (AvgIpc) is 2.53. The molecule has 0 aliphatic heterocycles. The fourth-order valence-electron chi connectivity index (χ4n) is 2.34. The van der Waals surface area contributed by atoms with Gasteiger partial charge >= 0.3 is 0 Å². The Hall–Kier alpha value is -2.75. The number of carbonyl (C=O) groups is 1. The van der Waals surface area contributed by atoms with Gasteiger partial charge in [-0.3, -0.25) is 4.79 Å². The summed E-state index contributed by atoms with van der Waals surface area (Å²) in [4.78, 5) is 11.2. The van der Waals surface area contributed by atoms with Gasteiger partial charge in [-0.1, -0.05) is 24.3 Å². The summed E-state index contributed by atoms with van der Waals surface area (Å²) in [7, 11) is 0. The molecule has 0 unspecified atom stereocenters. The lowest BCUT2D eigenvalue weighted by Crippen LogP contribution is -1.99. The molecule has 0 saturated carbocycles. The molecule has 3 rings (SSSR count). The maximum Gasteiger partial charge on any atom is 0.167 e. The average molecular weight is 298 g/mol.